The first-order chi connectivity index (χ1) is 7.58. The highest BCUT2D eigenvalue weighted by Crippen LogP contribution is 2.36. The van der Waals surface area contributed by atoms with Crippen LogP contribution in [0.15, 0.2) is 54.3 Å². The molecule has 0 aliphatic heterocycles. The van der Waals surface area contributed by atoms with Gasteiger partial charge in [-0.25, -0.2) is 0 Å². The lowest BCUT2D eigenvalue weighted by atomic mass is 10.1. The first-order valence-electron chi connectivity index (χ1n) is 4.48. The van der Waals surface area contributed by atoms with Crippen molar-refractivity contribution in [3.8, 4) is 11.1 Å². The number of benzene rings is 2. The van der Waals surface area contributed by atoms with Crippen molar-refractivity contribution < 1.29 is 0 Å². The molecule has 0 saturated carbocycles. The van der Waals surface area contributed by atoms with Crippen LogP contribution in [0.1, 0.15) is 0 Å². The van der Waals surface area contributed by atoms with Crippen molar-refractivity contribution in [1.82, 2.24) is 0 Å². The summed E-state index contributed by atoms with van der Waals surface area (Å²) in [6.45, 7) is 0. The molecule has 0 aliphatic rings. The van der Waals surface area contributed by atoms with Gasteiger partial charge in [0.25, 0.3) is 0 Å². The Morgan fingerprint density at radius 1 is 0.562 bits per heavy atom. The molecule has 0 radical (unpaired) electrons. The molecule has 0 nitrogen and oxygen atoms in total. The third-order valence-corrected chi connectivity index (χ3v) is 4.45. The highest BCUT2D eigenvalue weighted by molar-refractivity contribution is 9.11. The molecule has 0 saturated heterocycles. The summed E-state index contributed by atoms with van der Waals surface area (Å²) in [5.74, 6) is 0. The van der Waals surface area contributed by atoms with E-state index in [2.05, 4.69) is 75.9 Å². The van der Waals surface area contributed by atoms with Crippen molar-refractivity contribution in [3.05, 3.63) is 54.3 Å². The smallest absolute Gasteiger partial charge is 0.0265 e. The van der Waals surface area contributed by atoms with Crippen LogP contribution in [0.2, 0.25) is 0 Å². The Bertz CT molecular complexity index is 485. The summed E-state index contributed by atoms with van der Waals surface area (Å²) < 4.78 is 4.28. The van der Waals surface area contributed by atoms with E-state index in [0.29, 0.717) is 0 Å². The Morgan fingerprint density at radius 3 is 1.25 bits per heavy atom. The zero-order valence-electron chi connectivity index (χ0n) is 7.98. The second-order valence-electron chi connectivity index (χ2n) is 3.25. The van der Waals surface area contributed by atoms with Crippen LogP contribution in [-0.2, 0) is 0 Å². The Labute approximate surface area is 128 Å². The molecule has 0 N–H and O–H groups in total. The largest absolute Gasteiger partial charge is 0.0521 e. The molecule has 82 valence electrons. The number of halogens is 4. The van der Waals surface area contributed by atoms with E-state index < -0.39 is 0 Å². The lowest BCUT2D eigenvalue weighted by molar-refractivity contribution is 1.52. The van der Waals surface area contributed by atoms with Gasteiger partial charge in [-0.1, -0.05) is 75.9 Å². The second-order valence-corrected chi connectivity index (χ2v) is 6.79. The Hall–Kier alpha value is 0.360. The zero-order chi connectivity index (χ0) is 11.7. The topological polar surface area (TPSA) is 0 Å². The van der Waals surface area contributed by atoms with Gasteiger partial charge in [-0.3, -0.25) is 0 Å². The molecule has 2 aromatic rings. The van der Waals surface area contributed by atoms with Crippen LogP contribution in [0.5, 0.6) is 0 Å². The Morgan fingerprint density at radius 2 is 0.938 bits per heavy atom. The summed E-state index contributed by atoms with van der Waals surface area (Å²) >= 11 is 14.0. The minimum absolute atomic E-state index is 1.07. The van der Waals surface area contributed by atoms with E-state index in [0.717, 1.165) is 17.9 Å². The molecule has 4 heteroatoms. The predicted octanol–water partition coefficient (Wildman–Crippen LogP) is 6.40. The monoisotopic (exact) mass is 466 g/mol. The SMILES string of the molecule is Brc1ccc(-c2ccc(Br)cc2Br)c(Br)c1. The van der Waals surface area contributed by atoms with E-state index in [4.69, 9.17) is 0 Å². The maximum absolute atomic E-state index is 3.57. The van der Waals surface area contributed by atoms with Gasteiger partial charge in [-0.2, -0.15) is 0 Å². The molecule has 16 heavy (non-hydrogen) atoms. The molecule has 0 heterocycles. The Kier molecular flexibility index (Phi) is 4.27. The van der Waals surface area contributed by atoms with Crippen LogP contribution in [0, 0.1) is 0 Å². The molecule has 0 bridgehead atoms. The lowest BCUT2D eigenvalue weighted by Crippen LogP contribution is -1.82. The molecule has 0 aromatic heterocycles. The van der Waals surface area contributed by atoms with E-state index in [1.807, 2.05) is 24.3 Å². The first kappa shape index (κ1) is 12.8. The van der Waals surface area contributed by atoms with Gasteiger partial charge in [-0.15, -0.1) is 0 Å². The normalized spacial score (nSPS) is 10.5. The average Bonchev–Trinajstić information content (AvgIpc) is 2.19. The average molecular weight is 470 g/mol. The van der Waals surface area contributed by atoms with Crippen LogP contribution in [0.4, 0.5) is 0 Å². The van der Waals surface area contributed by atoms with Gasteiger partial charge in [0.2, 0.25) is 0 Å². The number of hydrogen-bond acceptors (Lipinski definition) is 0. The lowest BCUT2D eigenvalue weighted by Gasteiger charge is -2.08. The summed E-state index contributed by atoms with van der Waals surface area (Å²) in [4.78, 5) is 0. The minimum Gasteiger partial charge on any atom is -0.0521 e. The van der Waals surface area contributed by atoms with Gasteiger partial charge >= 0.3 is 0 Å². The summed E-state index contributed by atoms with van der Waals surface area (Å²) in [6.07, 6.45) is 0. The van der Waals surface area contributed by atoms with E-state index >= 15 is 0 Å². The van der Waals surface area contributed by atoms with Crippen LogP contribution < -0.4 is 0 Å². The molecule has 0 spiro atoms. The van der Waals surface area contributed by atoms with Gasteiger partial charge in [0.1, 0.15) is 0 Å². The molecule has 0 atom stereocenters. The molecule has 2 aromatic carbocycles. The maximum Gasteiger partial charge on any atom is 0.0265 e. The predicted molar refractivity (Wildman–Crippen MR) is 82.7 cm³/mol. The Balaban J connectivity index is 2.59. The van der Waals surface area contributed by atoms with Crippen molar-refractivity contribution in [2.75, 3.05) is 0 Å². The van der Waals surface area contributed by atoms with Crippen molar-refractivity contribution >= 4 is 63.7 Å². The van der Waals surface area contributed by atoms with Crippen molar-refractivity contribution in [3.63, 3.8) is 0 Å². The molecule has 0 amide bonds. The van der Waals surface area contributed by atoms with Crippen molar-refractivity contribution in [2.45, 2.75) is 0 Å². The van der Waals surface area contributed by atoms with Gasteiger partial charge in [-0.05, 0) is 35.4 Å². The minimum atomic E-state index is 1.07. The second kappa shape index (κ2) is 5.34. The molecular weight excluding hydrogens is 464 g/mol. The summed E-state index contributed by atoms with van der Waals surface area (Å²) in [7, 11) is 0. The van der Waals surface area contributed by atoms with Crippen LogP contribution in [0.3, 0.4) is 0 Å². The van der Waals surface area contributed by atoms with Gasteiger partial charge in [0.15, 0.2) is 0 Å². The highest BCUT2D eigenvalue weighted by Gasteiger charge is 2.07. The summed E-state index contributed by atoms with van der Waals surface area (Å²) in [5.41, 5.74) is 2.34. The van der Waals surface area contributed by atoms with E-state index in [1.165, 1.54) is 11.1 Å². The molecule has 0 fully saturated rings. The van der Waals surface area contributed by atoms with Crippen molar-refractivity contribution in [2.24, 2.45) is 0 Å². The van der Waals surface area contributed by atoms with Crippen LogP contribution >= 0.6 is 63.7 Å². The molecular formula is C12H6Br4. The summed E-state index contributed by atoms with van der Waals surface area (Å²) in [5, 5.41) is 0. The number of rotatable bonds is 1. The quantitative estimate of drug-likeness (QED) is 0.453. The fourth-order valence-corrected chi connectivity index (χ4v) is 3.94. The van der Waals surface area contributed by atoms with Crippen molar-refractivity contribution in [1.29, 1.82) is 0 Å². The highest BCUT2D eigenvalue weighted by atomic mass is 79.9. The molecule has 0 aliphatic carbocycles. The van der Waals surface area contributed by atoms with Gasteiger partial charge < -0.3 is 0 Å². The van der Waals surface area contributed by atoms with Crippen LogP contribution in [-0.4, -0.2) is 0 Å². The van der Waals surface area contributed by atoms with E-state index in [9.17, 15) is 0 Å². The van der Waals surface area contributed by atoms with E-state index in [-0.39, 0.29) is 0 Å². The maximum atomic E-state index is 3.57. The van der Waals surface area contributed by atoms with Gasteiger partial charge in [0.05, 0.1) is 0 Å². The third-order valence-electron chi connectivity index (χ3n) is 2.15. The fourth-order valence-electron chi connectivity index (χ4n) is 1.42. The summed E-state index contributed by atoms with van der Waals surface area (Å²) in [6, 6.07) is 12.3. The molecule has 0 unspecified atom stereocenters. The molecule has 2 rings (SSSR count). The zero-order valence-corrected chi connectivity index (χ0v) is 14.3. The fraction of sp³-hybridized carbons (Fsp3) is 0. The van der Waals surface area contributed by atoms with E-state index in [1.54, 1.807) is 0 Å². The third kappa shape index (κ3) is 2.78. The standard InChI is InChI=1S/C12H6Br4/c13-7-1-3-9(11(15)5-7)10-4-2-8(14)6-12(10)16/h1-6H. The number of hydrogen-bond donors (Lipinski definition) is 0. The first-order valence-corrected chi connectivity index (χ1v) is 7.65. The van der Waals surface area contributed by atoms with Crippen LogP contribution in [0.25, 0.3) is 11.1 Å². The van der Waals surface area contributed by atoms with Gasteiger partial charge in [0, 0.05) is 17.9 Å².